The summed E-state index contributed by atoms with van der Waals surface area (Å²) in [5.74, 6) is 0.669. The van der Waals surface area contributed by atoms with Crippen molar-refractivity contribution in [3.63, 3.8) is 0 Å². The van der Waals surface area contributed by atoms with Crippen molar-refractivity contribution in [2.45, 2.75) is 40.5 Å². The van der Waals surface area contributed by atoms with Crippen LogP contribution in [0.15, 0.2) is 24.3 Å². The molecule has 94 valence electrons. The predicted molar refractivity (Wildman–Crippen MR) is 70.0 cm³/mol. The fourth-order valence-electron chi connectivity index (χ4n) is 2.47. The standard InChI is InChI=1S/C14H21NO2/c1-11(2)9-14(3,4)10-12-5-7-13(8-6-12)15(16)17/h5-8,11H,9-10H2,1-4H3. The van der Waals surface area contributed by atoms with Crippen LogP contribution in [0.2, 0.25) is 0 Å². The maximum atomic E-state index is 10.5. The molecule has 0 bridgehead atoms. The second-order valence-corrected chi connectivity index (χ2v) is 5.86. The van der Waals surface area contributed by atoms with E-state index in [-0.39, 0.29) is 16.0 Å². The lowest BCUT2D eigenvalue weighted by molar-refractivity contribution is -0.384. The maximum absolute atomic E-state index is 10.5. The molecular weight excluding hydrogens is 214 g/mol. The Hall–Kier alpha value is -1.38. The van der Waals surface area contributed by atoms with Gasteiger partial charge < -0.3 is 0 Å². The smallest absolute Gasteiger partial charge is 0.258 e. The highest BCUT2D eigenvalue weighted by atomic mass is 16.6. The van der Waals surface area contributed by atoms with Crippen LogP contribution in [-0.2, 0) is 6.42 Å². The largest absolute Gasteiger partial charge is 0.269 e. The predicted octanol–water partition coefficient (Wildman–Crippen LogP) is 4.21. The number of hydrogen-bond donors (Lipinski definition) is 0. The third-order valence-electron chi connectivity index (χ3n) is 2.79. The van der Waals surface area contributed by atoms with Crippen molar-refractivity contribution in [1.29, 1.82) is 0 Å². The summed E-state index contributed by atoms with van der Waals surface area (Å²) in [5.41, 5.74) is 1.57. The van der Waals surface area contributed by atoms with Gasteiger partial charge in [0.25, 0.3) is 5.69 Å². The van der Waals surface area contributed by atoms with Gasteiger partial charge in [-0.25, -0.2) is 0 Å². The van der Waals surface area contributed by atoms with Crippen LogP contribution in [0, 0.1) is 21.4 Å². The van der Waals surface area contributed by atoms with Gasteiger partial charge in [0.05, 0.1) is 4.92 Å². The molecule has 0 N–H and O–H groups in total. The molecule has 0 aliphatic rings. The molecule has 0 aliphatic carbocycles. The number of nitrogens with zero attached hydrogens (tertiary/aromatic N) is 1. The SMILES string of the molecule is CC(C)CC(C)(C)Cc1ccc([N+](=O)[O-])cc1. The van der Waals surface area contributed by atoms with Crippen LogP contribution in [0.25, 0.3) is 0 Å². The third-order valence-corrected chi connectivity index (χ3v) is 2.79. The molecule has 3 heteroatoms. The van der Waals surface area contributed by atoms with Crippen LogP contribution in [0.5, 0.6) is 0 Å². The second kappa shape index (κ2) is 5.30. The van der Waals surface area contributed by atoms with Crippen molar-refractivity contribution in [3.05, 3.63) is 39.9 Å². The van der Waals surface area contributed by atoms with Crippen LogP contribution < -0.4 is 0 Å². The Kier molecular flexibility index (Phi) is 4.27. The van der Waals surface area contributed by atoms with Gasteiger partial charge in [-0.1, -0.05) is 39.8 Å². The second-order valence-electron chi connectivity index (χ2n) is 5.86. The van der Waals surface area contributed by atoms with Crippen LogP contribution in [0.1, 0.15) is 39.7 Å². The topological polar surface area (TPSA) is 43.1 Å². The highest BCUT2D eigenvalue weighted by Crippen LogP contribution is 2.30. The zero-order valence-electron chi connectivity index (χ0n) is 11.1. The van der Waals surface area contributed by atoms with Gasteiger partial charge in [-0.3, -0.25) is 10.1 Å². The Morgan fingerprint density at radius 2 is 1.76 bits per heavy atom. The van der Waals surface area contributed by atoms with E-state index in [0.29, 0.717) is 5.92 Å². The molecule has 1 aromatic carbocycles. The van der Waals surface area contributed by atoms with Gasteiger partial charge in [0, 0.05) is 12.1 Å². The van der Waals surface area contributed by atoms with Gasteiger partial charge in [-0.2, -0.15) is 0 Å². The minimum atomic E-state index is -0.358. The molecule has 0 aromatic heterocycles. The zero-order valence-corrected chi connectivity index (χ0v) is 11.1. The third kappa shape index (κ3) is 4.55. The minimum absolute atomic E-state index is 0.162. The van der Waals surface area contributed by atoms with Crippen molar-refractivity contribution >= 4 is 5.69 Å². The van der Waals surface area contributed by atoms with E-state index < -0.39 is 0 Å². The summed E-state index contributed by atoms with van der Waals surface area (Å²) in [6.07, 6.45) is 2.12. The Morgan fingerprint density at radius 3 is 2.18 bits per heavy atom. The van der Waals surface area contributed by atoms with E-state index in [1.807, 2.05) is 12.1 Å². The molecule has 0 fully saturated rings. The molecule has 0 heterocycles. The Balaban J connectivity index is 2.71. The number of hydrogen-bond acceptors (Lipinski definition) is 2. The first-order valence-corrected chi connectivity index (χ1v) is 6.03. The molecule has 0 radical (unpaired) electrons. The molecule has 0 saturated heterocycles. The molecule has 0 unspecified atom stereocenters. The van der Waals surface area contributed by atoms with Crippen LogP contribution in [0.4, 0.5) is 5.69 Å². The fraction of sp³-hybridized carbons (Fsp3) is 0.571. The quantitative estimate of drug-likeness (QED) is 0.566. The minimum Gasteiger partial charge on any atom is -0.258 e. The normalized spacial score (nSPS) is 11.8. The fourth-order valence-corrected chi connectivity index (χ4v) is 2.47. The lowest BCUT2D eigenvalue weighted by Gasteiger charge is -2.26. The van der Waals surface area contributed by atoms with Crippen molar-refractivity contribution in [3.8, 4) is 0 Å². The van der Waals surface area contributed by atoms with Crippen molar-refractivity contribution in [1.82, 2.24) is 0 Å². The first-order valence-electron chi connectivity index (χ1n) is 6.03. The molecule has 1 aromatic rings. The lowest BCUT2D eigenvalue weighted by atomic mass is 9.79. The number of rotatable bonds is 5. The van der Waals surface area contributed by atoms with E-state index in [9.17, 15) is 10.1 Å². The van der Waals surface area contributed by atoms with Gasteiger partial charge in [-0.05, 0) is 29.7 Å². The van der Waals surface area contributed by atoms with Crippen LogP contribution in [-0.4, -0.2) is 4.92 Å². The molecular formula is C14H21NO2. The van der Waals surface area contributed by atoms with Crippen molar-refractivity contribution in [2.75, 3.05) is 0 Å². The van der Waals surface area contributed by atoms with Crippen molar-refractivity contribution in [2.24, 2.45) is 11.3 Å². The number of nitro benzene ring substituents is 1. The van der Waals surface area contributed by atoms with Gasteiger partial charge in [0.2, 0.25) is 0 Å². The Bertz CT molecular complexity index is 380. The summed E-state index contributed by atoms with van der Waals surface area (Å²) in [7, 11) is 0. The molecule has 0 aliphatic heterocycles. The highest BCUT2D eigenvalue weighted by Gasteiger charge is 2.20. The molecule has 0 spiro atoms. The summed E-state index contributed by atoms with van der Waals surface area (Å²) < 4.78 is 0. The van der Waals surface area contributed by atoms with Gasteiger partial charge in [0.15, 0.2) is 0 Å². The summed E-state index contributed by atoms with van der Waals surface area (Å²) in [4.78, 5) is 10.2. The van der Waals surface area contributed by atoms with Crippen molar-refractivity contribution < 1.29 is 4.92 Å². The number of benzene rings is 1. The van der Waals surface area contributed by atoms with Gasteiger partial charge >= 0.3 is 0 Å². The first kappa shape index (κ1) is 13.7. The Morgan fingerprint density at radius 1 is 1.24 bits per heavy atom. The van der Waals surface area contributed by atoms with E-state index in [0.717, 1.165) is 12.8 Å². The zero-order chi connectivity index (χ0) is 13.1. The number of nitro groups is 1. The van der Waals surface area contributed by atoms with E-state index in [1.54, 1.807) is 12.1 Å². The highest BCUT2D eigenvalue weighted by molar-refractivity contribution is 5.33. The summed E-state index contributed by atoms with van der Waals surface area (Å²) in [6.45, 7) is 8.93. The molecule has 0 saturated carbocycles. The van der Waals surface area contributed by atoms with Gasteiger partial charge in [-0.15, -0.1) is 0 Å². The first-order chi connectivity index (χ1) is 7.80. The molecule has 17 heavy (non-hydrogen) atoms. The molecule has 1 rings (SSSR count). The average molecular weight is 235 g/mol. The summed E-state index contributed by atoms with van der Waals surface area (Å²) in [5, 5.41) is 10.5. The molecule has 3 nitrogen and oxygen atoms in total. The summed E-state index contributed by atoms with van der Waals surface area (Å²) in [6, 6.07) is 6.89. The van der Waals surface area contributed by atoms with Gasteiger partial charge in [0.1, 0.15) is 0 Å². The van der Waals surface area contributed by atoms with E-state index in [2.05, 4.69) is 27.7 Å². The summed E-state index contributed by atoms with van der Waals surface area (Å²) >= 11 is 0. The van der Waals surface area contributed by atoms with E-state index in [1.165, 1.54) is 5.56 Å². The van der Waals surface area contributed by atoms with Crippen LogP contribution >= 0.6 is 0 Å². The monoisotopic (exact) mass is 235 g/mol. The average Bonchev–Trinajstić information content (AvgIpc) is 2.15. The molecule has 0 atom stereocenters. The molecule has 0 amide bonds. The Labute approximate surface area is 103 Å². The maximum Gasteiger partial charge on any atom is 0.269 e. The van der Waals surface area contributed by atoms with E-state index >= 15 is 0 Å². The van der Waals surface area contributed by atoms with E-state index in [4.69, 9.17) is 0 Å². The lowest BCUT2D eigenvalue weighted by Crippen LogP contribution is -2.17. The van der Waals surface area contributed by atoms with Crippen LogP contribution in [0.3, 0.4) is 0 Å². The number of non-ortho nitro benzene ring substituents is 1.